The maximum Gasteiger partial charge on any atom is 0.253 e. The Labute approximate surface area is 124 Å². The number of carbonyl (C=O) groups excluding carboxylic acids is 2. The lowest BCUT2D eigenvalue weighted by Crippen LogP contribution is -2.41. The van der Waals surface area contributed by atoms with Crippen molar-refractivity contribution in [3.63, 3.8) is 0 Å². The first kappa shape index (κ1) is 15.2. The molecule has 1 aromatic carbocycles. The van der Waals surface area contributed by atoms with Crippen molar-refractivity contribution in [2.24, 2.45) is 11.7 Å². The van der Waals surface area contributed by atoms with Crippen LogP contribution in [0.2, 0.25) is 0 Å². The van der Waals surface area contributed by atoms with Gasteiger partial charge < -0.3 is 21.3 Å². The van der Waals surface area contributed by atoms with E-state index in [1.165, 1.54) is 4.90 Å². The van der Waals surface area contributed by atoms with Crippen LogP contribution in [0, 0.1) is 5.92 Å². The minimum atomic E-state index is -0.279. The highest BCUT2D eigenvalue weighted by Crippen LogP contribution is 2.29. The molecule has 2 rings (SSSR count). The monoisotopic (exact) mass is 290 g/mol. The summed E-state index contributed by atoms with van der Waals surface area (Å²) in [5.74, 6) is -0.509. The van der Waals surface area contributed by atoms with Crippen molar-refractivity contribution >= 4 is 23.2 Å². The molecule has 1 aliphatic rings. The van der Waals surface area contributed by atoms with Crippen LogP contribution in [0.25, 0.3) is 0 Å². The number of rotatable bonds is 3. The zero-order chi connectivity index (χ0) is 15.6. The molecule has 1 aliphatic heterocycles. The molecule has 6 heteroatoms. The Morgan fingerprint density at radius 2 is 2.05 bits per heavy atom. The minimum Gasteiger partial charge on any atom is -0.397 e. The fourth-order valence-electron chi connectivity index (χ4n) is 2.64. The molecule has 1 fully saturated rings. The lowest BCUT2D eigenvalue weighted by molar-refractivity contribution is -0.122. The second-order valence-electron chi connectivity index (χ2n) is 5.66. The Kier molecular flexibility index (Phi) is 4.35. The zero-order valence-electron chi connectivity index (χ0n) is 12.5. The van der Waals surface area contributed by atoms with Gasteiger partial charge in [-0.25, -0.2) is 0 Å². The maximum absolute atomic E-state index is 12.1. The van der Waals surface area contributed by atoms with Gasteiger partial charge in [0.15, 0.2) is 0 Å². The van der Waals surface area contributed by atoms with Crippen LogP contribution >= 0.6 is 0 Å². The van der Waals surface area contributed by atoms with Gasteiger partial charge in [-0.2, -0.15) is 0 Å². The van der Waals surface area contributed by atoms with Gasteiger partial charge >= 0.3 is 0 Å². The smallest absolute Gasteiger partial charge is 0.253 e. The van der Waals surface area contributed by atoms with E-state index < -0.39 is 0 Å². The van der Waals surface area contributed by atoms with E-state index in [0.29, 0.717) is 17.8 Å². The summed E-state index contributed by atoms with van der Waals surface area (Å²) in [6.45, 7) is 1.37. The van der Waals surface area contributed by atoms with Crippen LogP contribution < -0.4 is 16.4 Å². The van der Waals surface area contributed by atoms with Crippen molar-refractivity contribution in [3.05, 3.63) is 23.8 Å². The Morgan fingerprint density at radius 3 is 2.67 bits per heavy atom. The number of hydrogen-bond acceptors (Lipinski definition) is 4. The molecule has 0 spiro atoms. The fourth-order valence-corrected chi connectivity index (χ4v) is 2.64. The van der Waals surface area contributed by atoms with E-state index in [-0.39, 0.29) is 17.7 Å². The standard InChI is InChI=1S/C15H22N4O2/c1-18(2)15(21)10-5-6-12(16)13(8-10)19-7-3-4-11(9-19)14(17)20/h5-6,8,11H,3-4,7,9,16H2,1-2H3,(H2,17,20). The molecule has 4 N–H and O–H groups in total. The Balaban J connectivity index is 2.28. The topological polar surface area (TPSA) is 92.7 Å². The van der Waals surface area contributed by atoms with Crippen LogP contribution in [0.4, 0.5) is 11.4 Å². The van der Waals surface area contributed by atoms with Crippen molar-refractivity contribution in [1.82, 2.24) is 4.90 Å². The number of carbonyl (C=O) groups is 2. The molecule has 0 radical (unpaired) electrons. The van der Waals surface area contributed by atoms with Gasteiger partial charge in [0.2, 0.25) is 5.91 Å². The average molecular weight is 290 g/mol. The Morgan fingerprint density at radius 1 is 1.33 bits per heavy atom. The summed E-state index contributed by atoms with van der Waals surface area (Å²) < 4.78 is 0. The third-order valence-electron chi connectivity index (χ3n) is 3.85. The number of hydrogen-bond donors (Lipinski definition) is 2. The van der Waals surface area contributed by atoms with Crippen molar-refractivity contribution in [1.29, 1.82) is 0 Å². The number of anilines is 2. The van der Waals surface area contributed by atoms with Crippen molar-refractivity contribution in [2.45, 2.75) is 12.8 Å². The van der Waals surface area contributed by atoms with Crippen molar-refractivity contribution in [3.8, 4) is 0 Å². The summed E-state index contributed by atoms with van der Waals surface area (Å²) >= 11 is 0. The number of nitrogens with two attached hydrogens (primary N) is 2. The van der Waals surface area contributed by atoms with Crippen molar-refractivity contribution in [2.75, 3.05) is 37.8 Å². The number of nitrogen functional groups attached to an aromatic ring is 1. The maximum atomic E-state index is 12.1. The van der Waals surface area contributed by atoms with Gasteiger partial charge in [0.1, 0.15) is 0 Å². The molecule has 1 aromatic rings. The van der Waals surface area contributed by atoms with Crippen LogP contribution in [0.5, 0.6) is 0 Å². The molecule has 1 saturated heterocycles. The number of amides is 2. The lowest BCUT2D eigenvalue weighted by atomic mass is 9.96. The van der Waals surface area contributed by atoms with Gasteiger partial charge in [-0.05, 0) is 31.0 Å². The fraction of sp³-hybridized carbons (Fsp3) is 0.467. The first-order valence-electron chi connectivity index (χ1n) is 7.05. The Bertz CT molecular complexity index is 557. The number of primary amides is 1. The summed E-state index contributed by atoms with van der Waals surface area (Å²) in [5, 5.41) is 0. The second kappa shape index (κ2) is 6.03. The van der Waals surface area contributed by atoms with Crippen LogP contribution in [0.1, 0.15) is 23.2 Å². The lowest BCUT2D eigenvalue weighted by Gasteiger charge is -2.34. The number of nitrogens with zero attached hydrogens (tertiary/aromatic N) is 2. The van der Waals surface area contributed by atoms with E-state index in [1.807, 2.05) is 4.90 Å². The highest BCUT2D eigenvalue weighted by molar-refractivity contribution is 5.96. The van der Waals surface area contributed by atoms with Gasteiger partial charge in [0.05, 0.1) is 17.3 Å². The second-order valence-corrected chi connectivity index (χ2v) is 5.66. The molecule has 114 valence electrons. The molecule has 1 atom stereocenters. The molecule has 0 aromatic heterocycles. The van der Waals surface area contributed by atoms with Gasteiger partial charge in [0.25, 0.3) is 5.91 Å². The number of benzene rings is 1. The molecular weight excluding hydrogens is 268 g/mol. The third-order valence-corrected chi connectivity index (χ3v) is 3.85. The van der Waals surface area contributed by atoms with E-state index in [0.717, 1.165) is 25.1 Å². The van der Waals surface area contributed by atoms with E-state index in [4.69, 9.17) is 11.5 Å². The molecule has 6 nitrogen and oxygen atoms in total. The van der Waals surface area contributed by atoms with Gasteiger partial charge in [-0.3, -0.25) is 9.59 Å². The highest BCUT2D eigenvalue weighted by Gasteiger charge is 2.25. The summed E-state index contributed by atoms with van der Waals surface area (Å²) in [5.41, 5.74) is 13.4. The molecule has 1 heterocycles. The normalized spacial score (nSPS) is 18.4. The van der Waals surface area contributed by atoms with E-state index in [9.17, 15) is 9.59 Å². The van der Waals surface area contributed by atoms with Gasteiger partial charge in [-0.1, -0.05) is 0 Å². The van der Waals surface area contributed by atoms with E-state index in [1.54, 1.807) is 32.3 Å². The quantitative estimate of drug-likeness (QED) is 0.800. The van der Waals surface area contributed by atoms with Crippen LogP contribution in [-0.2, 0) is 4.79 Å². The first-order valence-corrected chi connectivity index (χ1v) is 7.05. The van der Waals surface area contributed by atoms with Crippen LogP contribution in [0.15, 0.2) is 18.2 Å². The van der Waals surface area contributed by atoms with Gasteiger partial charge in [0, 0.05) is 32.7 Å². The van der Waals surface area contributed by atoms with E-state index in [2.05, 4.69) is 0 Å². The summed E-state index contributed by atoms with van der Waals surface area (Å²) in [6.07, 6.45) is 1.70. The predicted octanol–water partition coefficient (Wildman–Crippen LogP) is 0.672. The molecule has 0 aliphatic carbocycles. The predicted molar refractivity (Wildman–Crippen MR) is 83.0 cm³/mol. The largest absolute Gasteiger partial charge is 0.397 e. The molecule has 0 bridgehead atoms. The first-order chi connectivity index (χ1) is 9.90. The summed E-state index contributed by atoms with van der Waals surface area (Å²) in [6, 6.07) is 5.25. The van der Waals surface area contributed by atoms with Crippen LogP contribution in [0.3, 0.4) is 0 Å². The van der Waals surface area contributed by atoms with Crippen molar-refractivity contribution < 1.29 is 9.59 Å². The SMILES string of the molecule is CN(C)C(=O)c1ccc(N)c(N2CCCC(C(N)=O)C2)c1. The molecule has 2 amide bonds. The average Bonchev–Trinajstić information content (AvgIpc) is 2.47. The molecular formula is C15H22N4O2. The zero-order valence-corrected chi connectivity index (χ0v) is 12.5. The number of piperidine rings is 1. The van der Waals surface area contributed by atoms with Crippen LogP contribution in [-0.4, -0.2) is 43.9 Å². The highest BCUT2D eigenvalue weighted by atomic mass is 16.2. The molecule has 1 unspecified atom stereocenters. The minimum absolute atomic E-state index is 0.0697. The van der Waals surface area contributed by atoms with Gasteiger partial charge in [-0.15, -0.1) is 0 Å². The molecule has 21 heavy (non-hydrogen) atoms. The third kappa shape index (κ3) is 3.26. The molecule has 0 saturated carbocycles. The summed E-state index contributed by atoms with van der Waals surface area (Å²) in [4.78, 5) is 27.0. The summed E-state index contributed by atoms with van der Waals surface area (Å²) in [7, 11) is 3.42. The Hall–Kier alpha value is -2.24. The van der Waals surface area contributed by atoms with E-state index >= 15 is 0 Å².